The molecule has 0 bridgehead atoms. The average molecular weight is 292 g/mol. The van der Waals surface area contributed by atoms with Crippen LogP contribution in [0.1, 0.15) is 44.7 Å². The van der Waals surface area contributed by atoms with Gasteiger partial charge in [-0.1, -0.05) is 44.2 Å². The van der Waals surface area contributed by atoms with Crippen molar-refractivity contribution in [1.29, 1.82) is 0 Å². The number of amides is 1. The molecule has 0 saturated carbocycles. The molecular weight excluding hydrogens is 264 g/mol. The fourth-order valence-corrected chi connectivity index (χ4v) is 2.29. The molecule has 0 heterocycles. The Balaban J connectivity index is 2.62. The number of benzene rings is 1. The predicted molar refractivity (Wildman–Crippen MR) is 85.9 cm³/mol. The first kappa shape index (κ1) is 17.7. The Kier molecular flexibility index (Phi) is 8.01. The minimum absolute atomic E-state index is 0.0205. The Hall–Kier alpha value is -1.39. The molecule has 0 aromatic heterocycles. The van der Waals surface area contributed by atoms with Gasteiger partial charge in [-0.15, -0.1) is 0 Å². The minimum Gasteiger partial charge on any atom is -0.385 e. The van der Waals surface area contributed by atoms with E-state index < -0.39 is 6.04 Å². The maximum Gasteiger partial charge on any atom is 0.237 e. The van der Waals surface area contributed by atoms with Crippen molar-refractivity contribution in [3.05, 3.63) is 35.9 Å². The standard InChI is InChI=1S/C17H28N2O2/c1-13(2)12-16(14-8-5-4-6-9-14)19-17(20)15(18)10-7-11-21-3/h4-6,8-9,13,15-16H,7,10-12,18H2,1-3H3,(H,19,20). The van der Waals surface area contributed by atoms with Gasteiger partial charge in [-0.25, -0.2) is 0 Å². The number of nitrogens with two attached hydrogens (primary N) is 1. The number of carbonyl (C=O) groups excluding carboxylic acids is 1. The van der Waals surface area contributed by atoms with Crippen molar-refractivity contribution in [2.45, 2.75) is 45.2 Å². The maximum absolute atomic E-state index is 12.2. The number of nitrogens with one attached hydrogen (secondary N) is 1. The van der Waals surface area contributed by atoms with Crippen LogP contribution in [0, 0.1) is 5.92 Å². The van der Waals surface area contributed by atoms with Crippen LogP contribution >= 0.6 is 0 Å². The van der Waals surface area contributed by atoms with Gasteiger partial charge >= 0.3 is 0 Å². The molecule has 2 unspecified atom stereocenters. The molecule has 1 amide bonds. The van der Waals surface area contributed by atoms with Crippen molar-refractivity contribution in [2.75, 3.05) is 13.7 Å². The molecule has 0 radical (unpaired) electrons. The first-order chi connectivity index (χ1) is 10.0. The van der Waals surface area contributed by atoms with Gasteiger partial charge in [-0.2, -0.15) is 0 Å². The number of methoxy groups -OCH3 is 1. The van der Waals surface area contributed by atoms with E-state index in [1.54, 1.807) is 7.11 Å². The third-order valence-electron chi connectivity index (χ3n) is 3.43. The highest BCUT2D eigenvalue weighted by atomic mass is 16.5. The summed E-state index contributed by atoms with van der Waals surface area (Å²) in [5.74, 6) is 0.417. The summed E-state index contributed by atoms with van der Waals surface area (Å²) in [5.41, 5.74) is 7.08. The second-order valence-corrected chi connectivity index (χ2v) is 5.84. The summed E-state index contributed by atoms with van der Waals surface area (Å²) in [6.45, 7) is 4.94. The summed E-state index contributed by atoms with van der Waals surface area (Å²) < 4.78 is 4.99. The Morgan fingerprint density at radius 1 is 1.29 bits per heavy atom. The SMILES string of the molecule is COCCCC(N)C(=O)NC(CC(C)C)c1ccccc1. The van der Waals surface area contributed by atoms with E-state index in [-0.39, 0.29) is 11.9 Å². The van der Waals surface area contributed by atoms with Gasteiger partial charge in [0.1, 0.15) is 0 Å². The lowest BCUT2D eigenvalue weighted by Gasteiger charge is -2.23. The number of ether oxygens (including phenoxy) is 1. The van der Waals surface area contributed by atoms with Gasteiger partial charge in [0.25, 0.3) is 0 Å². The molecule has 1 rings (SSSR count). The van der Waals surface area contributed by atoms with E-state index >= 15 is 0 Å². The first-order valence-corrected chi connectivity index (χ1v) is 7.64. The molecule has 0 spiro atoms. The Bertz CT molecular complexity index is 407. The lowest BCUT2D eigenvalue weighted by molar-refractivity contribution is -0.123. The Morgan fingerprint density at radius 3 is 2.52 bits per heavy atom. The highest BCUT2D eigenvalue weighted by Gasteiger charge is 2.19. The van der Waals surface area contributed by atoms with Crippen LogP contribution < -0.4 is 11.1 Å². The maximum atomic E-state index is 12.2. The molecule has 0 aliphatic carbocycles. The molecule has 4 heteroatoms. The normalized spacial score (nSPS) is 14.0. The topological polar surface area (TPSA) is 64.3 Å². The van der Waals surface area contributed by atoms with E-state index in [0.29, 0.717) is 18.9 Å². The van der Waals surface area contributed by atoms with Crippen LogP contribution in [0.2, 0.25) is 0 Å². The molecule has 3 N–H and O–H groups in total. The zero-order valence-corrected chi connectivity index (χ0v) is 13.3. The van der Waals surface area contributed by atoms with E-state index in [1.165, 1.54) is 0 Å². The predicted octanol–water partition coefficient (Wildman–Crippen LogP) is 2.64. The van der Waals surface area contributed by atoms with E-state index in [0.717, 1.165) is 18.4 Å². The van der Waals surface area contributed by atoms with Crippen LogP contribution in [0.4, 0.5) is 0 Å². The van der Waals surface area contributed by atoms with Gasteiger partial charge < -0.3 is 15.8 Å². The molecule has 1 aromatic carbocycles. The monoisotopic (exact) mass is 292 g/mol. The molecule has 21 heavy (non-hydrogen) atoms. The minimum atomic E-state index is -0.474. The van der Waals surface area contributed by atoms with Crippen LogP contribution in [0.3, 0.4) is 0 Å². The van der Waals surface area contributed by atoms with E-state index in [9.17, 15) is 4.79 Å². The second-order valence-electron chi connectivity index (χ2n) is 5.84. The molecule has 4 nitrogen and oxygen atoms in total. The lowest BCUT2D eigenvalue weighted by atomic mass is 9.96. The van der Waals surface area contributed by atoms with Crippen molar-refractivity contribution in [2.24, 2.45) is 11.7 Å². The van der Waals surface area contributed by atoms with Gasteiger partial charge in [0, 0.05) is 13.7 Å². The third-order valence-corrected chi connectivity index (χ3v) is 3.43. The summed E-state index contributed by atoms with van der Waals surface area (Å²) in [5, 5.41) is 3.09. The quantitative estimate of drug-likeness (QED) is 0.688. The summed E-state index contributed by atoms with van der Waals surface area (Å²) in [4.78, 5) is 12.2. The number of hydrogen-bond donors (Lipinski definition) is 2. The summed E-state index contributed by atoms with van der Waals surface area (Å²) in [6, 6.07) is 9.60. The molecule has 0 fully saturated rings. The molecule has 0 saturated heterocycles. The third kappa shape index (κ3) is 6.74. The van der Waals surface area contributed by atoms with Crippen molar-refractivity contribution in [3.8, 4) is 0 Å². The van der Waals surface area contributed by atoms with Crippen LogP contribution in [-0.2, 0) is 9.53 Å². The lowest BCUT2D eigenvalue weighted by Crippen LogP contribution is -2.42. The van der Waals surface area contributed by atoms with Gasteiger partial charge in [0.2, 0.25) is 5.91 Å². The second kappa shape index (κ2) is 9.53. The van der Waals surface area contributed by atoms with E-state index in [1.807, 2.05) is 30.3 Å². The Morgan fingerprint density at radius 2 is 1.95 bits per heavy atom. The zero-order chi connectivity index (χ0) is 15.7. The van der Waals surface area contributed by atoms with Crippen LogP contribution in [0.15, 0.2) is 30.3 Å². The largest absolute Gasteiger partial charge is 0.385 e. The first-order valence-electron chi connectivity index (χ1n) is 7.64. The van der Waals surface area contributed by atoms with E-state index in [2.05, 4.69) is 19.2 Å². The summed E-state index contributed by atoms with van der Waals surface area (Å²) in [7, 11) is 1.65. The zero-order valence-electron chi connectivity index (χ0n) is 13.3. The molecule has 118 valence electrons. The summed E-state index contributed by atoms with van der Waals surface area (Å²) >= 11 is 0. The number of carbonyl (C=O) groups is 1. The van der Waals surface area contributed by atoms with Gasteiger partial charge in [0.05, 0.1) is 12.1 Å². The van der Waals surface area contributed by atoms with Gasteiger partial charge in [0.15, 0.2) is 0 Å². The van der Waals surface area contributed by atoms with Crippen LogP contribution in [0.25, 0.3) is 0 Å². The fraction of sp³-hybridized carbons (Fsp3) is 0.588. The fourth-order valence-electron chi connectivity index (χ4n) is 2.29. The molecule has 0 aliphatic heterocycles. The van der Waals surface area contributed by atoms with Gasteiger partial charge in [-0.3, -0.25) is 4.79 Å². The number of hydrogen-bond acceptors (Lipinski definition) is 3. The molecule has 1 aromatic rings. The van der Waals surface area contributed by atoms with E-state index in [4.69, 9.17) is 10.5 Å². The van der Waals surface area contributed by atoms with Crippen molar-refractivity contribution in [1.82, 2.24) is 5.32 Å². The van der Waals surface area contributed by atoms with Crippen molar-refractivity contribution < 1.29 is 9.53 Å². The Labute approximate surface area is 128 Å². The van der Waals surface area contributed by atoms with Gasteiger partial charge in [-0.05, 0) is 30.7 Å². The highest BCUT2D eigenvalue weighted by Crippen LogP contribution is 2.21. The average Bonchev–Trinajstić information content (AvgIpc) is 2.47. The molecule has 2 atom stereocenters. The smallest absolute Gasteiger partial charge is 0.237 e. The van der Waals surface area contributed by atoms with Crippen molar-refractivity contribution in [3.63, 3.8) is 0 Å². The number of rotatable bonds is 9. The molecular formula is C17H28N2O2. The molecule has 0 aliphatic rings. The van der Waals surface area contributed by atoms with Crippen LogP contribution in [0.5, 0.6) is 0 Å². The van der Waals surface area contributed by atoms with Crippen LogP contribution in [-0.4, -0.2) is 25.7 Å². The highest BCUT2D eigenvalue weighted by molar-refractivity contribution is 5.81. The summed E-state index contributed by atoms with van der Waals surface area (Å²) in [6.07, 6.45) is 2.34. The van der Waals surface area contributed by atoms with Crippen molar-refractivity contribution >= 4 is 5.91 Å².